The van der Waals surface area contributed by atoms with Crippen molar-refractivity contribution in [3.05, 3.63) is 0 Å². The van der Waals surface area contributed by atoms with Gasteiger partial charge in [0.1, 0.15) is 12.2 Å². The highest BCUT2D eigenvalue weighted by atomic mass is 16.5. The minimum absolute atomic E-state index is 0.411. The number of hydrogen-bond acceptors (Lipinski definition) is 4. The Morgan fingerprint density at radius 2 is 2.00 bits per heavy atom. The van der Waals surface area contributed by atoms with E-state index in [0.29, 0.717) is 0 Å². The first-order valence-electron chi connectivity index (χ1n) is 3.81. The van der Waals surface area contributed by atoms with Crippen LogP contribution in [0.5, 0.6) is 0 Å². The van der Waals surface area contributed by atoms with Crippen molar-refractivity contribution in [2.24, 2.45) is 0 Å². The van der Waals surface area contributed by atoms with Crippen molar-refractivity contribution in [2.45, 2.75) is 31.3 Å². The molecular formula is C7H13NO4. The molecule has 1 unspecified atom stereocenters. The molecule has 0 aromatic heterocycles. The Kier molecular flexibility index (Phi) is 2.66. The molecule has 5 nitrogen and oxygen atoms in total. The van der Waals surface area contributed by atoms with Crippen LogP contribution >= 0.6 is 0 Å². The number of rotatable bonds is 1. The van der Waals surface area contributed by atoms with E-state index >= 15 is 0 Å². The second kappa shape index (κ2) is 3.38. The summed E-state index contributed by atoms with van der Waals surface area (Å²) in [5, 5.41) is 20.9. The largest absolute Gasteiger partial charge is 0.388 e. The van der Waals surface area contributed by atoms with E-state index in [4.69, 9.17) is 4.74 Å². The fourth-order valence-electron chi connectivity index (χ4n) is 1.21. The molecule has 0 bridgehead atoms. The van der Waals surface area contributed by atoms with Crippen LogP contribution < -0.4 is 5.32 Å². The number of amides is 1. The molecule has 1 rings (SSSR count). The number of hydrogen-bond donors (Lipinski definition) is 3. The zero-order valence-electron chi connectivity index (χ0n) is 7.02. The summed E-state index contributed by atoms with van der Waals surface area (Å²) in [5.41, 5.74) is 0. The van der Waals surface area contributed by atoms with Gasteiger partial charge in [-0.05, 0) is 6.92 Å². The predicted molar refractivity (Wildman–Crippen MR) is 40.4 cm³/mol. The highest BCUT2D eigenvalue weighted by Crippen LogP contribution is 2.20. The third-order valence-electron chi connectivity index (χ3n) is 2.01. The van der Waals surface area contributed by atoms with Gasteiger partial charge < -0.3 is 20.3 Å². The highest BCUT2D eigenvalue weighted by Gasteiger charge is 2.43. The molecule has 1 heterocycles. The summed E-state index contributed by atoms with van der Waals surface area (Å²) in [4.78, 5) is 11.0. The lowest BCUT2D eigenvalue weighted by Gasteiger charge is -2.12. The van der Waals surface area contributed by atoms with Crippen LogP contribution in [0.2, 0.25) is 0 Å². The van der Waals surface area contributed by atoms with Gasteiger partial charge in [-0.25, -0.2) is 0 Å². The lowest BCUT2D eigenvalue weighted by Crippen LogP contribution is -2.41. The molecule has 1 amide bonds. The van der Waals surface area contributed by atoms with Gasteiger partial charge in [-0.3, -0.25) is 4.79 Å². The normalized spacial score (nSPS) is 41.3. The van der Waals surface area contributed by atoms with Crippen molar-refractivity contribution in [3.63, 3.8) is 0 Å². The highest BCUT2D eigenvalue weighted by molar-refractivity contribution is 5.81. The van der Waals surface area contributed by atoms with Gasteiger partial charge in [-0.1, -0.05) is 0 Å². The van der Waals surface area contributed by atoms with Crippen molar-refractivity contribution in [2.75, 3.05) is 7.05 Å². The van der Waals surface area contributed by atoms with Gasteiger partial charge in [0.15, 0.2) is 6.10 Å². The van der Waals surface area contributed by atoms with Gasteiger partial charge >= 0.3 is 0 Å². The van der Waals surface area contributed by atoms with E-state index in [0.717, 1.165) is 0 Å². The molecule has 0 aromatic rings. The Hall–Kier alpha value is -0.650. The van der Waals surface area contributed by atoms with Crippen LogP contribution in [0.1, 0.15) is 6.92 Å². The monoisotopic (exact) mass is 175 g/mol. The number of nitrogens with one attached hydrogen (secondary N) is 1. The second-order valence-corrected chi connectivity index (χ2v) is 2.86. The molecule has 1 fully saturated rings. The quantitative estimate of drug-likeness (QED) is 0.441. The summed E-state index contributed by atoms with van der Waals surface area (Å²) < 4.78 is 5.03. The van der Waals surface area contributed by atoms with Crippen molar-refractivity contribution in [3.8, 4) is 0 Å². The zero-order chi connectivity index (χ0) is 9.30. The number of likely N-dealkylation sites (N-methyl/N-ethyl adjacent to an activating group) is 1. The third-order valence-corrected chi connectivity index (χ3v) is 2.01. The third kappa shape index (κ3) is 1.43. The fourth-order valence-corrected chi connectivity index (χ4v) is 1.21. The second-order valence-electron chi connectivity index (χ2n) is 2.86. The van der Waals surface area contributed by atoms with Crippen LogP contribution in [0.3, 0.4) is 0 Å². The molecule has 0 saturated carbocycles. The lowest BCUT2D eigenvalue weighted by atomic mass is 10.1. The van der Waals surface area contributed by atoms with Crippen LogP contribution in [0.4, 0.5) is 0 Å². The Balaban J connectivity index is 2.64. The molecule has 1 aliphatic rings. The van der Waals surface area contributed by atoms with E-state index in [1.165, 1.54) is 7.05 Å². The fraction of sp³-hybridized carbons (Fsp3) is 0.857. The summed E-state index contributed by atoms with van der Waals surface area (Å²) in [7, 11) is 1.45. The topological polar surface area (TPSA) is 78.8 Å². The first kappa shape index (κ1) is 9.44. The SMILES string of the molecule is CNC(=O)[C@H]1O[C@@H](C)C(O)[C@H]1O. The Morgan fingerprint density at radius 1 is 1.42 bits per heavy atom. The molecule has 5 heteroatoms. The molecule has 0 aliphatic carbocycles. The number of carbonyl (C=O) groups excluding carboxylic acids is 1. The number of ether oxygens (including phenoxy) is 1. The summed E-state index contributed by atoms with van der Waals surface area (Å²) in [5.74, 6) is -0.411. The average Bonchev–Trinajstić information content (AvgIpc) is 2.32. The molecule has 1 aliphatic heterocycles. The first-order valence-corrected chi connectivity index (χ1v) is 3.81. The molecule has 4 atom stereocenters. The number of aliphatic hydroxyl groups excluding tert-OH is 2. The maximum Gasteiger partial charge on any atom is 0.251 e. The van der Waals surface area contributed by atoms with Crippen molar-refractivity contribution in [1.29, 1.82) is 0 Å². The van der Waals surface area contributed by atoms with Gasteiger partial charge in [-0.2, -0.15) is 0 Å². The van der Waals surface area contributed by atoms with Gasteiger partial charge in [0.2, 0.25) is 0 Å². The number of carbonyl (C=O) groups is 1. The zero-order valence-corrected chi connectivity index (χ0v) is 7.02. The van der Waals surface area contributed by atoms with Gasteiger partial charge in [-0.15, -0.1) is 0 Å². The standard InChI is InChI=1S/C7H13NO4/c1-3-4(9)5(10)6(12-3)7(11)8-2/h3-6,9-10H,1-2H3,(H,8,11)/t3-,4?,5+,6-/m0/s1. The van der Waals surface area contributed by atoms with E-state index < -0.39 is 30.3 Å². The van der Waals surface area contributed by atoms with Crippen molar-refractivity contribution in [1.82, 2.24) is 5.32 Å². The lowest BCUT2D eigenvalue weighted by molar-refractivity contribution is -0.134. The maximum absolute atomic E-state index is 11.0. The minimum Gasteiger partial charge on any atom is -0.388 e. The van der Waals surface area contributed by atoms with Gasteiger partial charge in [0.05, 0.1) is 6.10 Å². The molecule has 1 saturated heterocycles. The van der Waals surface area contributed by atoms with Crippen molar-refractivity contribution < 1.29 is 19.7 Å². The van der Waals surface area contributed by atoms with E-state index in [1.54, 1.807) is 6.92 Å². The predicted octanol–water partition coefficient (Wildman–Crippen LogP) is -1.76. The maximum atomic E-state index is 11.0. The average molecular weight is 175 g/mol. The molecule has 0 spiro atoms. The molecule has 0 aromatic carbocycles. The molecule has 12 heavy (non-hydrogen) atoms. The van der Waals surface area contributed by atoms with Crippen LogP contribution in [-0.4, -0.2) is 47.6 Å². The van der Waals surface area contributed by atoms with Gasteiger partial charge in [0.25, 0.3) is 5.91 Å². The molecular weight excluding hydrogens is 162 g/mol. The van der Waals surface area contributed by atoms with Crippen LogP contribution in [0.25, 0.3) is 0 Å². The Morgan fingerprint density at radius 3 is 2.33 bits per heavy atom. The summed E-state index contributed by atoms with van der Waals surface area (Å²) >= 11 is 0. The first-order chi connectivity index (χ1) is 5.57. The van der Waals surface area contributed by atoms with E-state index in [2.05, 4.69) is 5.32 Å². The van der Waals surface area contributed by atoms with Crippen LogP contribution in [0.15, 0.2) is 0 Å². The summed E-state index contributed by atoms with van der Waals surface area (Å²) in [6.07, 6.45) is -3.55. The Bertz CT molecular complexity index is 184. The van der Waals surface area contributed by atoms with E-state index in [1.807, 2.05) is 0 Å². The molecule has 70 valence electrons. The smallest absolute Gasteiger partial charge is 0.251 e. The van der Waals surface area contributed by atoms with Crippen LogP contribution in [0, 0.1) is 0 Å². The van der Waals surface area contributed by atoms with E-state index in [-0.39, 0.29) is 0 Å². The minimum atomic E-state index is -1.13. The molecule has 0 radical (unpaired) electrons. The number of aliphatic hydroxyl groups is 2. The molecule has 3 N–H and O–H groups in total. The van der Waals surface area contributed by atoms with Crippen molar-refractivity contribution >= 4 is 5.91 Å². The van der Waals surface area contributed by atoms with E-state index in [9.17, 15) is 15.0 Å². The Labute approximate surface area is 70.3 Å². The summed E-state index contributed by atoms with van der Waals surface area (Å²) in [6, 6.07) is 0. The summed E-state index contributed by atoms with van der Waals surface area (Å²) in [6.45, 7) is 1.61. The van der Waals surface area contributed by atoms with Crippen LogP contribution in [-0.2, 0) is 9.53 Å². The van der Waals surface area contributed by atoms with Gasteiger partial charge in [0, 0.05) is 7.05 Å².